The van der Waals surface area contributed by atoms with E-state index in [1.807, 2.05) is 0 Å². The fraction of sp³-hybridized carbons (Fsp3) is 1.00. The molecule has 0 aromatic heterocycles. The minimum atomic E-state index is 0.735. The van der Waals surface area contributed by atoms with Crippen LogP contribution in [-0.2, 0) is 0 Å². The quantitative estimate of drug-likeness (QED) is 0.844. The summed E-state index contributed by atoms with van der Waals surface area (Å²) in [6, 6.07) is 1.51. The van der Waals surface area contributed by atoms with Crippen LogP contribution in [0.1, 0.15) is 71.6 Å². The van der Waals surface area contributed by atoms with Crippen molar-refractivity contribution in [3.63, 3.8) is 0 Å². The number of rotatable bonds is 3. The molecule has 122 valence electrons. The zero-order chi connectivity index (χ0) is 14.7. The standard InChI is InChI=1S/C19H36N2/c1-15-8-6-7-11-18(15)13-21-14-19(20-12-16(21)2)17-9-4-3-5-10-17/h15-20H,3-14H2,1-2H3. The van der Waals surface area contributed by atoms with Gasteiger partial charge in [-0.15, -0.1) is 0 Å². The predicted octanol–water partition coefficient (Wildman–Crippen LogP) is 4.06. The molecule has 1 heterocycles. The first-order chi connectivity index (χ1) is 10.2. The van der Waals surface area contributed by atoms with Gasteiger partial charge in [-0.25, -0.2) is 0 Å². The van der Waals surface area contributed by atoms with E-state index in [1.54, 1.807) is 0 Å². The van der Waals surface area contributed by atoms with Crippen molar-refractivity contribution >= 4 is 0 Å². The monoisotopic (exact) mass is 292 g/mol. The first-order valence-corrected chi connectivity index (χ1v) is 9.71. The smallest absolute Gasteiger partial charge is 0.0224 e. The molecule has 0 amide bonds. The highest BCUT2D eigenvalue weighted by Crippen LogP contribution is 2.32. The van der Waals surface area contributed by atoms with Crippen molar-refractivity contribution in [1.29, 1.82) is 0 Å². The maximum absolute atomic E-state index is 3.88. The van der Waals surface area contributed by atoms with Crippen molar-refractivity contribution < 1.29 is 0 Å². The van der Waals surface area contributed by atoms with Crippen LogP contribution in [0.4, 0.5) is 0 Å². The predicted molar refractivity (Wildman–Crippen MR) is 90.5 cm³/mol. The Hall–Kier alpha value is -0.0800. The highest BCUT2D eigenvalue weighted by atomic mass is 15.2. The van der Waals surface area contributed by atoms with Gasteiger partial charge in [0.15, 0.2) is 0 Å². The Labute approximate surface area is 132 Å². The van der Waals surface area contributed by atoms with Gasteiger partial charge in [0.2, 0.25) is 0 Å². The lowest BCUT2D eigenvalue weighted by Crippen LogP contribution is -2.59. The molecule has 4 atom stereocenters. The van der Waals surface area contributed by atoms with Gasteiger partial charge in [0, 0.05) is 31.7 Å². The van der Waals surface area contributed by atoms with Crippen LogP contribution in [0.5, 0.6) is 0 Å². The Morgan fingerprint density at radius 2 is 1.62 bits per heavy atom. The van der Waals surface area contributed by atoms with Crippen molar-refractivity contribution in [2.45, 2.75) is 83.7 Å². The molecule has 1 N–H and O–H groups in total. The Kier molecular flexibility index (Phi) is 5.61. The van der Waals surface area contributed by atoms with Crippen molar-refractivity contribution in [2.75, 3.05) is 19.6 Å². The van der Waals surface area contributed by atoms with E-state index in [2.05, 4.69) is 24.1 Å². The molecule has 0 bridgehead atoms. The normalized spacial score (nSPS) is 40.3. The third-order valence-electron chi connectivity index (χ3n) is 6.71. The largest absolute Gasteiger partial charge is 0.311 e. The van der Waals surface area contributed by atoms with Gasteiger partial charge in [-0.1, -0.05) is 45.4 Å². The Bertz CT molecular complexity index is 311. The summed E-state index contributed by atoms with van der Waals surface area (Å²) in [6.07, 6.45) is 13.3. The van der Waals surface area contributed by atoms with Crippen LogP contribution in [0.2, 0.25) is 0 Å². The summed E-state index contributed by atoms with van der Waals surface area (Å²) in [5, 5.41) is 3.88. The number of nitrogens with zero attached hydrogens (tertiary/aromatic N) is 1. The van der Waals surface area contributed by atoms with Gasteiger partial charge >= 0.3 is 0 Å². The lowest BCUT2D eigenvalue weighted by atomic mass is 9.79. The van der Waals surface area contributed by atoms with E-state index in [1.165, 1.54) is 77.4 Å². The second kappa shape index (κ2) is 7.46. The van der Waals surface area contributed by atoms with Crippen LogP contribution in [-0.4, -0.2) is 36.6 Å². The first-order valence-electron chi connectivity index (χ1n) is 9.71. The summed E-state index contributed by atoms with van der Waals surface area (Å²) in [5.74, 6) is 2.87. The molecule has 0 radical (unpaired) electrons. The van der Waals surface area contributed by atoms with Gasteiger partial charge in [-0.05, 0) is 43.9 Å². The van der Waals surface area contributed by atoms with Crippen LogP contribution in [0, 0.1) is 17.8 Å². The third-order valence-corrected chi connectivity index (χ3v) is 6.71. The highest BCUT2D eigenvalue weighted by Gasteiger charge is 2.33. The van der Waals surface area contributed by atoms with Crippen LogP contribution >= 0.6 is 0 Å². The fourth-order valence-electron chi connectivity index (χ4n) is 5.02. The van der Waals surface area contributed by atoms with E-state index < -0.39 is 0 Å². The van der Waals surface area contributed by atoms with Crippen molar-refractivity contribution in [2.24, 2.45) is 17.8 Å². The SMILES string of the molecule is CC1CCCCC1CN1CC(C2CCCCC2)NCC1C. The van der Waals surface area contributed by atoms with E-state index in [-0.39, 0.29) is 0 Å². The number of nitrogens with one attached hydrogen (secondary N) is 1. The summed E-state index contributed by atoms with van der Waals surface area (Å²) in [5.41, 5.74) is 0. The maximum Gasteiger partial charge on any atom is 0.0224 e. The van der Waals surface area contributed by atoms with Gasteiger partial charge in [-0.2, -0.15) is 0 Å². The molecule has 4 unspecified atom stereocenters. The van der Waals surface area contributed by atoms with Gasteiger partial charge < -0.3 is 5.32 Å². The highest BCUT2D eigenvalue weighted by molar-refractivity contribution is 4.90. The van der Waals surface area contributed by atoms with E-state index in [4.69, 9.17) is 0 Å². The molecular weight excluding hydrogens is 256 g/mol. The molecule has 1 aliphatic heterocycles. The zero-order valence-corrected chi connectivity index (χ0v) is 14.3. The molecule has 21 heavy (non-hydrogen) atoms. The second-order valence-corrected chi connectivity index (χ2v) is 8.24. The average Bonchev–Trinajstić information content (AvgIpc) is 2.52. The summed E-state index contributed by atoms with van der Waals surface area (Å²) in [4.78, 5) is 2.84. The first kappa shape index (κ1) is 15.8. The molecular formula is C19H36N2. The number of hydrogen-bond donors (Lipinski definition) is 1. The molecule has 2 nitrogen and oxygen atoms in total. The molecule has 2 heteroatoms. The molecule has 3 aliphatic rings. The Balaban J connectivity index is 1.55. The molecule has 0 aromatic carbocycles. The van der Waals surface area contributed by atoms with Gasteiger partial charge in [0.1, 0.15) is 0 Å². The molecule has 3 fully saturated rings. The Morgan fingerprint density at radius 3 is 2.38 bits per heavy atom. The van der Waals surface area contributed by atoms with Gasteiger partial charge in [0.05, 0.1) is 0 Å². The topological polar surface area (TPSA) is 15.3 Å². The molecule has 0 spiro atoms. The minimum absolute atomic E-state index is 0.735. The van der Waals surface area contributed by atoms with Crippen molar-refractivity contribution in [3.05, 3.63) is 0 Å². The number of piperazine rings is 1. The van der Waals surface area contributed by atoms with Crippen molar-refractivity contribution in [3.8, 4) is 0 Å². The van der Waals surface area contributed by atoms with E-state index in [0.29, 0.717) is 0 Å². The lowest BCUT2D eigenvalue weighted by molar-refractivity contribution is 0.0696. The van der Waals surface area contributed by atoms with Crippen LogP contribution in [0.25, 0.3) is 0 Å². The van der Waals surface area contributed by atoms with Crippen molar-refractivity contribution in [1.82, 2.24) is 10.2 Å². The second-order valence-electron chi connectivity index (χ2n) is 8.24. The zero-order valence-electron chi connectivity index (χ0n) is 14.3. The molecule has 1 saturated heterocycles. The summed E-state index contributed by atoms with van der Waals surface area (Å²) in [6.45, 7) is 8.82. The molecule has 2 aliphatic carbocycles. The maximum atomic E-state index is 3.88. The molecule has 3 rings (SSSR count). The van der Waals surface area contributed by atoms with Crippen LogP contribution in [0.15, 0.2) is 0 Å². The number of hydrogen-bond acceptors (Lipinski definition) is 2. The van der Waals surface area contributed by atoms with Crippen LogP contribution in [0.3, 0.4) is 0 Å². The van der Waals surface area contributed by atoms with E-state index in [0.717, 1.165) is 29.8 Å². The molecule has 2 saturated carbocycles. The minimum Gasteiger partial charge on any atom is -0.311 e. The van der Waals surface area contributed by atoms with Crippen LogP contribution < -0.4 is 5.32 Å². The summed E-state index contributed by atoms with van der Waals surface area (Å²) >= 11 is 0. The van der Waals surface area contributed by atoms with E-state index >= 15 is 0 Å². The fourth-order valence-corrected chi connectivity index (χ4v) is 5.02. The summed E-state index contributed by atoms with van der Waals surface area (Å²) < 4.78 is 0. The third kappa shape index (κ3) is 4.01. The van der Waals surface area contributed by atoms with Gasteiger partial charge in [0.25, 0.3) is 0 Å². The van der Waals surface area contributed by atoms with E-state index in [9.17, 15) is 0 Å². The lowest BCUT2D eigenvalue weighted by Gasteiger charge is -2.45. The Morgan fingerprint density at radius 1 is 0.905 bits per heavy atom. The average molecular weight is 293 g/mol. The summed E-state index contributed by atoms with van der Waals surface area (Å²) in [7, 11) is 0. The molecule has 0 aromatic rings. The van der Waals surface area contributed by atoms with Gasteiger partial charge in [-0.3, -0.25) is 4.90 Å².